The van der Waals surface area contributed by atoms with Gasteiger partial charge < -0.3 is 0 Å². The maximum Gasteiger partial charge on any atom is 0.0136 e. The van der Waals surface area contributed by atoms with E-state index in [-0.39, 0.29) is 0 Å². The van der Waals surface area contributed by atoms with Gasteiger partial charge in [-0.05, 0) is 24.8 Å². The highest BCUT2D eigenvalue weighted by atomic mass is 15.3. The third kappa shape index (κ3) is 1.39. The van der Waals surface area contributed by atoms with E-state index in [9.17, 15) is 0 Å². The van der Waals surface area contributed by atoms with Crippen molar-refractivity contribution < 1.29 is 0 Å². The second-order valence-electron chi connectivity index (χ2n) is 3.24. The van der Waals surface area contributed by atoms with Crippen molar-refractivity contribution in [3.63, 3.8) is 0 Å². The molecule has 1 saturated carbocycles. The zero-order valence-electron chi connectivity index (χ0n) is 6.78. The molecule has 0 radical (unpaired) electrons. The number of rotatable bonds is 4. The Morgan fingerprint density at radius 1 is 1.80 bits per heavy atom. The molecule has 2 N–H and O–H groups in total. The lowest BCUT2D eigenvalue weighted by atomic mass is 10.1. The van der Waals surface area contributed by atoms with Crippen LogP contribution in [0.25, 0.3) is 0 Å². The molecule has 58 valence electrons. The fourth-order valence-electron chi connectivity index (χ4n) is 1.25. The highest BCUT2D eigenvalue weighted by molar-refractivity contribution is 5.10. The van der Waals surface area contributed by atoms with Crippen LogP contribution in [0.15, 0.2) is 12.7 Å². The molecule has 0 aliphatic heterocycles. The number of hydrogen-bond donors (Lipinski definition) is 2. The Morgan fingerprint density at radius 2 is 2.50 bits per heavy atom. The molecule has 0 aromatic carbocycles. The number of hydrazine groups is 1. The third-order valence-corrected chi connectivity index (χ3v) is 2.45. The smallest absolute Gasteiger partial charge is 0.0136 e. The molecule has 2 unspecified atom stereocenters. The van der Waals surface area contributed by atoms with E-state index in [2.05, 4.69) is 30.4 Å². The van der Waals surface area contributed by atoms with Gasteiger partial charge in [0, 0.05) is 6.54 Å². The van der Waals surface area contributed by atoms with Crippen LogP contribution < -0.4 is 10.9 Å². The van der Waals surface area contributed by atoms with E-state index < -0.39 is 0 Å². The maximum atomic E-state index is 3.80. The number of hydrogen-bond acceptors (Lipinski definition) is 2. The van der Waals surface area contributed by atoms with Crippen molar-refractivity contribution in [2.45, 2.75) is 13.3 Å². The van der Waals surface area contributed by atoms with Crippen LogP contribution in [-0.4, -0.2) is 13.6 Å². The van der Waals surface area contributed by atoms with Crippen molar-refractivity contribution in [2.75, 3.05) is 13.6 Å². The molecule has 1 aliphatic rings. The molecule has 0 spiro atoms. The largest absolute Gasteiger partial charge is 0.261 e. The second-order valence-corrected chi connectivity index (χ2v) is 3.24. The van der Waals surface area contributed by atoms with E-state index >= 15 is 0 Å². The van der Waals surface area contributed by atoms with Crippen molar-refractivity contribution in [1.29, 1.82) is 0 Å². The van der Waals surface area contributed by atoms with Crippen molar-refractivity contribution in [3.05, 3.63) is 12.7 Å². The topological polar surface area (TPSA) is 24.1 Å². The Morgan fingerprint density at radius 3 is 2.90 bits per heavy atom. The SMILES string of the molecule is C=CC1(C)CC1CNNC. The molecule has 1 rings (SSSR count). The summed E-state index contributed by atoms with van der Waals surface area (Å²) < 4.78 is 0. The monoisotopic (exact) mass is 140 g/mol. The van der Waals surface area contributed by atoms with Crippen molar-refractivity contribution in [2.24, 2.45) is 11.3 Å². The van der Waals surface area contributed by atoms with Gasteiger partial charge in [0.15, 0.2) is 0 Å². The van der Waals surface area contributed by atoms with Gasteiger partial charge in [0.05, 0.1) is 0 Å². The molecule has 10 heavy (non-hydrogen) atoms. The van der Waals surface area contributed by atoms with Crippen LogP contribution in [0.4, 0.5) is 0 Å². The summed E-state index contributed by atoms with van der Waals surface area (Å²) in [5.74, 6) is 0.789. The molecule has 2 heteroatoms. The van der Waals surface area contributed by atoms with E-state index in [1.165, 1.54) is 6.42 Å². The van der Waals surface area contributed by atoms with Crippen LogP contribution in [-0.2, 0) is 0 Å². The predicted octanol–water partition coefficient (Wildman–Crippen LogP) is 0.923. The van der Waals surface area contributed by atoms with Gasteiger partial charge in [-0.2, -0.15) is 0 Å². The molecule has 0 aromatic rings. The molecule has 1 aliphatic carbocycles. The van der Waals surface area contributed by atoms with Gasteiger partial charge in [-0.15, -0.1) is 6.58 Å². The summed E-state index contributed by atoms with van der Waals surface area (Å²) in [4.78, 5) is 0. The molecule has 0 amide bonds. The first-order valence-corrected chi connectivity index (χ1v) is 3.76. The minimum atomic E-state index is 0.420. The molecule has 0 saturated heterocycles. The van der Waals surface area contributed by atoms with E-state index in [0.717, 1.165) is 12.5 Å². The van der Waals surface area contributed by atoms with E-state index in [4.69, 9.17) is 0 Å². The highest BCUT2D eigenvalue weighted by Crippen LogP contribution is 2.52. The lowest BCUT2D eigenvalue weighted by molar-refractivity contribution is 0.517. The zero-order valence-corrected chi connectivity index (χ0v) is 6.78. The van der Waals surface area contributed by atoms with Gasteiger partial charge in [-0.1, -0.05) is 13.0 Å². The van der Waals surface area contributed by atoms with Gasteiger partial charge in [0.1, 0.15) is 0 Å². The van der Waals surface area contributed by atoms with Gasteiger partial charge in [-0.3, -0.25) is 10.9 Å². The van der Waals surface area contributed by atoms with Gasteiger partial charge in [0.2, 0.25) is 0 Å². The average Bonchev–Trinajstić information content (AvgIpc) is 2.59. The summed E-state index contributed by atoms with van der Waals surface area (Å²) in [6, 6.07) is 0. The minimum absolute atomic E-state index is 0.420. The second kappa shape index (κ2) is 2.72. The summed E-state index contributed by atoms with van der Waals surface area (Å²) in [6.07, 6.45) is 3.35. The van der Waals surface area contributed by atoms with E-state index in [1.54, 1.807) is 0 Å². The lowest BCUT2D eigenvalue weighted by Gasteiger charge is -2.04. The molecular formula is C8H16N2. The van der Waals surface area contributed by atoms with Crippen LogP contribution in [0.5, 0.6) is 0 Å². The first kappa shape index (κ1) is 7.76. The normalized spacial score (nSPS) is 37.6. The lowest BCUT2D eigenvalue weighted by Crippen LogP contribution is -2.30. The Kier molecular flexibility index (Phi) is 2.11. The molecule has 0 heterocycles. The van der Waals surface area contributed by atoms with Crippen LogP contribution in [0.1, 0.15) is 13.3 Å². The molecular weight excluding hydrogens is 124 g/mol. The van der Waals surface area contributed by atoms with Crippen LogP contribution in [0, 0.1) is 11.3 Å². The van der Waals surface area contributed by atoms with Gasteiger partial charge in [-0.25, -0.2) is 0 Å². The Hall–Kier alpha value is -0.340. The summed E-state index contributed by atoms with van der Waals surface area (Å²) in [7, 11) is 1.90. The molecule has 2 nitrogen and oxygen atoms in total. The quantitative estimate of drug-likeness (QED) is 0.448. The number of allylic oxidation sites excluding steroid dienone is 1. The molecule has 2 atom stereocenters. The van der Waals surface area contributed by atoms with Crippen molar-refractivity contribution >= 4 is 0 Å². The standard InChI is InChI=1S/C8H16N2/c1-4-8(2)5-7(8)6-10-9-3/h4,7,9-10H,1,5-6H2,2-3H3. The Labute approximate surface area is 62.7 Å². The fraction of sp³-hybridized carbons (Fsp3) is 0.750. The molecule has 1 fully saturated rings. The van der Waals surface area contributed by atoms with E-state index in [0.29, 0.717) is 5.41 Å². The first-order valence-electron chi connectivity index (χ1n) is 3.76. The highest BCUT2D eigenvalue weighted by Gasteiger charge is 2.46. The third-order valence-electron chi connectivity index (χ3n) is 2.45. The maximum absolute atomic E-state index is 3.80. The van der Waals surface area contributed by atoms with Crippen molar-refractivity contribution in [1.82, 2.24) is 10.9 Å². The van der Waals surface area contributed by atoms with Gasteiger partial charge >= 0.3 is 0 Å². The summed E-state index contributed by atoms with van der Waals surface area (Å²) in [5.41, 5.74) is 6.44. The van der Waals surface area contributed by atoms with Crippen LogP contribution >= 0.6 is 0 Å². The minimum Gasteiger partial charge on any atom is -0.261 e. The number of nitrogens with one attached hydrogen (secondary N) is 2. The van der Waals surface area contributed by atoms with Crippen LogP contribution in [0.3, 0.4) is 0 Å². The Balaban J connectivity index is 2.18. The fourth-order valence-corrected chi connectivity index (χ4v) is 1.25. The molecule has 0 bridgehead atoms. The first-order chi connectivity index (χ1) is 4.73. The average molecular weight is 140 g/mol. The summed E-state index contributed by atoms with van der Waals surface area (Å²) >= 11 is 0. The summed E-state index contributed by atoms with van der Waals surface area (Å²) in [6.45, 7) is 7.11. The van der Waals surface area contributed by atoms with Crippen molar-refractivity contribution in [3.8, 4) is 0 Å². The zero-order chi connectivity index (χ0) is 7.61. The van der Waals surface area contributed by atoms with Gasteiger partial charge in [0.25, 0.3) is 0 Å². The molecule has 0 aromatic heterocycles. The Bertz CT molecular complexity index is 133. The summed E-state index contributed by atoms with van der Waals surface area (Å²) in [5, 5.41) is 0. The van der Waals surface area contributed by atoms with Crippen LogP contribution in [0.2, 0.25) is 0 Å². The predicted molar refractivity (Wildman–Crippen MR) is 43.5 cm³/mol. The van der Waals surface area contributed by atoms with E-state index in [1.807, 2.05) is 7.05 Å².